The highest BCUT2D eigenvalue weighted by atomic mass is 32.1. The van der Waals surface area contributed by atoms with Crippen LogP contribution in [0.25, 0.3) is 0 Å². The second kappa shape index (κ2) is 8.44. The van der Waals surface area contributed by atoms with Gasteiger partial charge in [-0.3, -0.25) is 9.59 Å². The molecule has 6 heteroatoms. The summed E-state index contributed by atoms with van der Waals surface area (Å²) in [5.41, 5.74) is 2.73. The number of furan rings is 1. The van der Waals surface area contributed by atoms with Gasteiger partial charge in [0.15, 0.2) is 0 Å². The minimum atomic E-state index is -0.148. The number of rotatable bonds is 5. The summed E-state index contributed by atoms with van der Waals surface area (Å²) in [5, 5.41) is 7.33. The van der Waals surface area contributed by atoms with Gasteiger partial charge in [-0.1, -0.05) is 30.3 Å². The predicted molar refractivity (Wildman–Crippen MR) is 108 cm³/mol. The molecule has 0 bridgehead atoms. The molecule has 1 saturated heterocycles. The molecule has 5 nitrogen and oxygen atoms in total. The fourth-order valence-corrected chi connectivity index (χ4v) is 4.30. The van der Waals surface area contributed by atoms with E-state index in [0.29, 0.717) is 31.5 Å². The molecule has 0 radical (unpaired) electrons. The van der Waals surface area contributed by atoms with Crippen LogP contribution in [0.4, 0.5) is 0 Å². The molecule has 28 heavy (non-hydrogen) atoms. The van der Waals surface area contributed by atoms with Crippen LogP contribution in [-0.2, 0) is 4.79 Å². The Hall–Kier alpha value is -2.86. The van der Waals surface area contributed by atoms with Gasteiger partial charge in [0.2, 0.25) is 5.91 Å². The van der Waals surface area contributed by atoms with Gasteiger partial charge in [-0.15, -0.1) is 0 Å². The van der Waals surface area contributed by atoms with Gasteiger partial charge < -0.3 is 14.6 Å². The summed E-state index contributed by atoms with van der Waals surface area (Å²) in [6, 6.07) is 13.6. The average Bonchev–Trinajstić information content (AvgIpc) is 3.46. The normalized spacial score (nSPS) is 15.9. The summed E-state index contributed by atoms with van der Waals surface area (Å²) in [6.07, 6.45) is 4.30. The number of nitrogens with zero attached hydrogens (tertiary/aromatic N) is 1. The number of hydrogen-bond acceptors (Lipinski definition) is 4. The van der Waals surface area contributed by atoms with E-state index in [9.17, 15) is 9.59 Å². The standard InChI is InChI=1S/C22H22N2O3S/c25-21(17-6-10-24(11-7-17)22(26)18-8-12-27-14-18)23-20(19-9-13-28-15-19)16-4-2-1-3-5-16/h1-5,8-9,12-15,17,20H,6-7,10-11H2,(H,23,25). The number of hydrogen-bond donors (Lipinski definition) is 1. The van der Waals surface area contributed by atoms with Crippen molar-refractivity contribution in [1.29, 1.82) is 0 Å². The van der Waals surface area contributed by atoms with Crippen LogP contribution in [0.15, 0.2) is 70.2 Å². The Kier molecular flexibility index (Phi) is 5.58. The minimum absolute atomic E-state index is 0.0342. The SMILES string of the molecule is O=C(NC(c1ccccc1)c1ccsc1)C1CCN(C(=O)c2ccoc2)CC1. The van der Waals surface area contributed by atoms with E-state index in [4.69, 9.17) is 4.42 Å². The molecule has 1 fully saturated rings. The summed E-state index contributed by atoms with van der Waals surface area (Å²) in [7, 11) is 0. The van der Waals surface area contributed by atoms with E-state index in [1.807, 2.05) is 35.7 Å². The van der Waals surface area contributed by atoms with Crippen molar-refractivity contribution in [3.63, 3.8) is 0 Å². The van der Waals surface area contributed by atoms with Gasteiger partial charge in [0.25, 0.3) is 5.91 Å². The molecule has 4 rings (SSSR count). The quantitative estimate of drug-likeness (QED) is 0.709. The van der Waals surface area contributed by atoms with E-state index in [0.717, 1.165) is 11.1 Å². The Balaban J connectivity index is 1.40. The summed E-state index contributed by atoms with van der Waals surface area (Å²) < 4.78 is 5.00. The van der Waals surface area contributed by atoms with Crippen molar-refractivity contribution < 1.29 is 14.0 Å². The molecular formula is C22H22N2O3S. The van der Waals surface area contributed by atoms with Crippen LogP contribution in [0.5, 0.6) is 0 Å². The molecule has 2 aromatic heterocycles. The van der Waals surface area contributed by atoms with Crippen molar-refractivity contribution in [2.45, 2.75) is 18.9 Å². The molecule has 3 heterocycles. The van der Waals surface area contributed by atoms with E-state index in [1.54, 1.807) is 22.3 Å². The number of likely N-dealkylation sites (tertiary alicyclic amines) is 1. The topological polar surface area (TPSA) is 62.6 Å². The third kappa shape index (κ3) is 4.02. The van der Waals surface area contributed by atoms with E-state index in [2.05, 4.69) is 16.8 Å². The van der Waals surface area contributed by atoms with Crippen molar-refractivity contribution in [2.24, 2.45) is 5.92 Å². The zero-order valence-electron chi connectivity index (χ0n) is 15.4. The Morgan fingerprint density at radius 1 is 1.07 bits per heavy atom. The highest BCUT2D eigenvalue weighted by molar-refractivity contribution is 7.08. The number of piperidine rings is 1. The average molecular weight is 394 g/mol. The Bertz CT molecular complexity index is 899. The molecule has 3 aromatic rings. The van der Waals surface area contributed by atoms with E-state index < -0.39 is 0 Å². The second-order valence-corrected chi connectivity index (χ2v) is 7.77. The third-order valence-electron chi connectivity index (χ3n) is 5.22. The summed E-state index contributed by atoms with van der Waals surface area (Å²) in [6.45, 7) is 1.16. The maximum absolute atomic E-state index is 13.0. The lowest BCUT2D eigenvalue weighted by molar-refractivity contribution is -0.126. The molecule has 2 amide bonds. The Morgan fingerprint density at radius 3 is 2.50 bits per heavy atom. The molecule has 1 N–H and O–H groups in total. The van der Waals surface area contributed by atoms with Crippen LogP contribution in [0.3, 0.4) is 0 Å². The van der Waals surface area contributed by atoms with Crippen molar-refractivity contribution in [1.82, 2.24) is 10.2 Å². The third-order valence-corrected chi connectivity index (χ3v) is 5.92. The van der Waals surface area contributed by atoms with Gasteiger partial charge in [0, 0.05) is 19.0 Å². The molecule has 0 aliphatic carbocycles. The van der Waals surface area contributed by atoms with Crippen molar-refractivity contribution in [3.05, 3.63) is 82.4 Å². The molecule has 1 aromatic carbocycles. The predicted octanol–water partition coefficient (Wildman–Crippen LogP) is 4.10. The number of thiophene rings is 1. The molecule has 1 aliphatic rings. The van der Waals surface area contributed by atoms with Gasteiger partial charge in [-0.25, -0.2) is 0 Å². The molecule has 1 aliphatic heterocycles. The van der Waals surface area contributed by atoms with E-state index in [1.165, 1.54) is 12.5 Å². The van der Waals surface area contributed by atoms with Gasteiger partial charge in [0.1, 0.15) is 6.26 Å². The van der Waals surface area contributed by atoms with Crippen molar-refractivity contribution >= 4 is 23.2 Å². The summed E-state index contributed by atoms with van der Waals surface area (Å²) >= 11 is 1.62. The molecule has 1 unspecified atom stereocenters. The Morgan fingerprint density at radius 2 is 1.86 bits per heavy atom. The first-order valence-electron chi connectivity index (χ1n) is 9.41. The smallest absolute Gasteiger partial charge is 0.257 e. The van der Waals surface area contributed by atoms with Crippen LogP contribution >= 0.6 is 11.3 Å². The van der Waals surface area contributed by atoms with E-state index >= 15 is 0 Å². The minimum Gasteiger partial charge on any atom is -0.472 e. The van der Waals surface area contributed by atoms with Gasteiger partial charge in [0.05, 0.1) is 17.9 Å². The lowest BCUT2D eigenvalue weighted by atomic mass is 9.94. The molecule has 0 saturated carbocycles. The van der Waals surface area contributed by atoms with Gasteiger partial charge in [-0.05, 0) is 46.9 Å². The number of amides is 2. The zero-order valence-corrected chi connectivity index (χ0v) is 16.2. The first-order valence-corrected chi connectivity index (χ1v) is 10.4. The number of carbonyl (C=O) groups is 2. The lowest BCUT2D eigenvalue weighted by Crippen LogP contribution is -2.43. The highest BCUT2D eigenvalue weighted by Crippen LogP contribution is 2.26. The monoisotopic (exact) mass is 394 g/mol. The maximum atomic E-state index is 13.0. The fraction of sp³-hybridized carbons (Fsp3) is 0.273. The highest BCUT2D eigenvalue weighted by Gasteiger charge is 2.29. The molecular weight excluding hydrogens is 372 g/mol. The van der Waals surface area contributed by atoms with Crippen LogP contribution in [0.1, 0.15) is 40.4 Å². The molecule has 144 valence electrons. The second-order valence-electron chi connectivity index (χ2n) is 6.99. The van der Waals surface area contributed by atoms with Crippen LogP contribution in [0, 0.1) is 5.92 Å². The first kappa shape index (κ1) is 18.5. The van der Waals surface area contributed by atoms with Gasteiger partial charge >= 0.3 is 0 Å². The Labute approximate surface area is 168 Å². The van der Waals surface area contributed by atoms with Crippen LogP contribution in [0.2, 0.25) is 0 Å². The van der Waals surface area contributed by atoms with Crippen LogP contribution in [-0.4, -0.2) is 29.8 Å². The first-order chi connectivity index (χ1) is 13.7. The summed E-state index contributed by atoms with van der Waals surface area (Å²) in [5.74, 6) is -0.0678. The van der Waals surface area contributed by atoms with Crippen LogP contribution < -0.4 is 5.32 Å². The number of nitrogens with one attached hydrogen (secondary N) is 1. The largest absolute Gasteiger partial charge is 0.472 e. The van der Waals surface area contributed by atoms with Crippen molar-refractivity contribution in [2.75, 3.05) is 13.1 Å². The van der Waals surface area contributed by atoms with E-state index in [-0.39, 0.29) is 23.8 Å². The maximum Gasteiger partial charge on any atom is 0.257 e. The molecule has 1 atom stereocenters. The summed E-state index contributed by atoms with van der Waals surface area (Å²) in [4.78, 5) is 27.2. The number of carbonyl (C=O) groups excluding carboxylic acids is 2. The van der Waals surface area contributed by atoms with Gasteiger partial charge in [-0.2, -0.15) is 11.3 Å². The fourth-order valence-electron chi connectivity index (χ4n) is 3.62. The van der Waals surface area contributed by atoms with Crippen molar-refractivity contribution in [3.8, 4) is 0 Å². The molecule has 0 spiro atoms. The number of benzene rings is 1. The zero-order chi connectivity index (χ0) is 19.3. The lowest BCUT2D eigenvalue weighted by Gasteiger charge is -2.32.